The Bertz CT molecular complexity index is 3350. The van der Waals surface area contributed by atoms with E-state index in [1.165, 1.54) is 40.5 Å². The minimum atomic E-state index is -4.46. The molecule has 410 valence electrons. The standard InChI is InChI=1S/C61H72FN3O10S2/c1-7-9-19-47-48-28-26-44(63(35-8-2)36-16-38-76(69,70)71)40-51(48)60(3,4)50(47)30-23-41-17-15-18-42(58(41)49-20-12-13-21-52(49)62)25-32-54-61(5,6)59-46-29-27-45(77(72,73)74)39-43(46)24-31-53(59)64(54)37-14-10-11-22-57(68)75-65-55(66)33-34-56(65)67/h12-13,20-21,23-32,39-40H,7-11,14-19,22,33-38H2,1-6H3,(H,69,70,71)(H,72,73,74)/b30-23+,42-25+,54-32+. The minimum absolute atomic E-state index is 0.0191. The Morgan fingerprint density at radius 2 is 1.53 bits per heavy atom. The molecular formula is C61H72FN3O10S2. The number of hydroxylamine groups is 2. The van der Waals surface area contributed by atoms with Gasteiger partial charge in [-0.25, -0.2) is 9.18 Å². The van der Waals surface area contributed by atoms with Crippen molar-refractivity contribution in [1.29, 1.82) is 0 Å². The zero-order chi connectivity index (χ0) is 55.5. The van der Waals surface area contributed by atoms with Gasteiger partial charge in [0.1, 0.15) is 5.82 Å². The summed E-state index contributed by atoms with van der Waals surface area (Å²) in [5, 5.41) is 2.06. The lowest BCUT2D eigenvalue weighted by Crippen LogP contribution is -2.32. The monoisotopic (exact) mass is 1090 g/mol. The maximum Gasteiger partial charge on any atom is 0.333 e. The van der Waals surface area contributed by atoms with E-state index in [-0.39, 0.29) is 35.7 Å². The van der Waals surface area contributed by atoms with Crippen molar-refractivity contribution in [2.75, 3.05) is 35.2 Å². The zero-order valence-corrected chi connectivity index (χ0v) is 46.8. The fourth-order valence-corrected chi connectivity index (χ4v) is 12.8. The maximum absolute atomic E-state index is 16.3. The highest BCUT2D eigenvalue weighted by molar-refractivity contribution is 7.86. The molecule has 4 aromatic rings. The lowest BCUT2D eigenvalue weighted by atomic mass is 9.79. The Balaban J connectivity index is 1.16. The highest BCUT2D eigenvalue weighted by atomic mass is 32.2. The Morgan fingerprint density at radius 3 is 2.23 bits per heavy atom. The molecule has 8 rings (SSSR count). The number of nitrogens with zero attached hydrogens (tertiary/aromatic N) is 3. The summed E-state index contributed by atoms with van der Waals surface area (Å²) in [5.41, 5.74) is 11.1. The van der Waals surface area contributed by atoms with Gasteiger partial charge in [-0.2, -0.15) is 16.8 Å². The van der Waals surface area contributed by atoms with Crippen LogP contribution in [0.4, 0.5) is 15.8 Å². The number of hydrogen-bond donors (Lipinski definition) is 2. The van der Waals surface area contributed by atoms with Gasteiger partial charge >= 0.3 is 5.97 Å². The summed E-state index contributed by atoms with van der Waals surface area (Å²) in [7, 11) is -8.54. The first-order valence-electron chi connectivity index (χ1n) is 27.1. The van der Waals surface area contributed by atoms with E-state index in [1.54, 1.807) is 12.1 Å². The predicted octanol–water partition coefficient (Wildman–Crippen LogP) is 12.9. The summed E-state index contributed by atoms with van der Waals surface area (Å²) in [6.07, 6.45) is 16.9. The second kappa shape index (κ2) is 23.4. The van der Waals surface area contributed by atoms with Gasteiger partial charge in [0.2, 0.25) is 0 Å². The fourth-order valence-electron chi connectivity index (χ4n) is 11.8. The topological polar surface area (TPSA) is 179 Å². The Kier molecular flexibility index (Phi) is 17.3. The number of anilines is 2. The number of fused-ring (bicyclic) bond motifs is 4. The smallest absolute Gasteiger partial charge is 0.333 e. The molecule has 2 aliphatic carbocycles. The van der Waals surface area contributed by atoms with Gasteiger partial charge in [0.25, 0.3) is 32.1 Å². The van der Waals surface area contributed by atoms with E-state index in [4.69, 9.17) is 4.84 Å². The largest absolute Gasteiger partial charge is 0.372 e. The highest BCUT2D eigenvalue weighted by Gasteiger charge is 2.42. The van der Waals surface area contributed by atoms with Gasteiger partial charge in [0.05, 0.1) is 10.6 Å². The SMILES string of the molecule is CCCCC1=C(/C=C/C2=C(c3ccccc3F)C(=C/C=C3/N(CCCCCC(=O)ON4C(=O)CCC4=O)c4ccc5cc(S(=O)(=O)O)ccc5c4C3(C)C)/CCC2)C(C)(C)c2cc(N(CCC)CCCS(=O)(=O)O)ccc21. The Labute approximate surface area is 453 Å². The molecule has 16 heteroatoms. The summed E-state index contributed by atoms with van der Waals surface area (Å²) in [6, 6.07) is 21.9. The molecule has 2 amide bonds. The summed E-state index contributed by atoms with van der Waals surface area (Å²) in [5.74, 6) is -2.31. The van der Waals surface area contributed by atoms with Gasteiger partial charge in [0, 0.05) is 72.4 Å². The molecule has 1 fully saturated rings. The van der Waals surface area contributed by atoms with E-state index in [0.717, 1.165) is 89.8 Å². The average Bonchev–Trinajstić information content (AvgIpc) is 4.00. The third kappa shape index (κ3) is 12.4. The molecule has 1 saturated heterocycles. The van der Waals surface area contributed by atoms with E-state index in [1.807, 2.05) is 24.3 Å². The lowest BCUT2D eigenvalue weighted by Gasteiger charge is -2.28. The molecule has 0 saturated carbocycles. The molecule has 13 nitrogen and oxygen atoms in total. The minimum Gasteiger partial charge on any atom is -0.372 e. The number of imide groups is 1. The molecule has 0 radical (unpaired) electrons. The second-order valence-electron chi connectivity index (χ2n) is 21.7. The van der Waals surface area contributed by atoms with Crippen molar-refractivity contribution in [2.45, 2.75) is 147 Å². The van der Waals surface area contributed by atoms with Crippen LogP contribution in [0.25, 0.3) is 21.9 Å². The Hall–Kier alpha value is -6.20. The van der Waals surface area contributed by atoms with Crippen molar-refractivity contribution in [2.24, 2.45) is 0 Å². The van der Waals surface area contributed by atoms with E-state index >= 15 is 4.39 Å². The zero-order valence-electron chi connectivity index (χ0n) is 45.2. The number of unbranched alkanes of at least 4 members (excludes halogenated alkanes) is 3. The Morgan fingerprint density at radius 1 is 0.779 bits per heavy atom. The summed E-state index contributed by atoms with van der Waals surface area (Å²) in [6.45, 7) is 14.8. The molecule has 0 spiro atoms. The number of hydrogen-bond acceptors (Lipinski definition) is 10. The quantitative estimate of drug-likeness (QED) is 0.0433. The first-order valence-corrected chi connectivity index (χ1v) is 30.1. The van der Waals surface area contributed by atoms with Crippen LogP contribution in [-0.2, 0) is 50.3 Å². The van der Waals surface area contributed by atoms with Crippen LogP contribution in [0.15, 0.2) is 124 Å². The molecule has 77 heavy (non-hydrogen) atoms. The number of amides is 2. The van der Waals surface area contributed by atoms with Gasteiger partial charge in [-0.05, 0) is 156 Å². The molecule has 2 N–H and O–H groups in total. The van der Waals surface area contributed by atoms with Crippen LogP contribution >= 0.6 is 0 Å². The summed E-state index contributed by atoms with van der Waals surface area (Å²) >= 11 is 0. The number of allylic oxidation sites excluding steroid dienone is 10. The normalized spacial score (nSPS) is 18.5. The van der Waals surface area contributed by atoms with Crippen molar-refractivity contribution >= 4 is 71.3 Å². The van der Waals surface area contributed by atoms with Crippen LogP contribution < -0.4 is 9.80 Å². The highest BCUT2D eigenvalue weighted by Crippen LogP contribution is 2.53. The fraction of sp³-hybridized carbons (Fsp3) is 0.426. The number of benzene rings is 4. The number of carbonyl (C=O) groups excluding carboxylic acids is 3. The number of rotatable bonds is 22. The van der Waals surface area contributed by atoms with Crippen LogP contribution in [0.3, 0.4) is 0 Å². The van der Waals surface area contributed by atoms with Crippen molar-refractivity contribution in [1.82, 2.24) is 5.06 Å². The number of halogens is 1. The molecule has 2 aliphatic heterocycles. The first kappa shape index (κ1) is 57.0. The summed E-state index contributed by atoms with van der Waals surface area (Å²) < 4.78 is 83.4. The van der Waals surface area contributed by atoms with Crippen LogP contribution in [0, 0.1) is 5.82 Å². The molecule has 4 aliphatic rings. The molecule has 4 aromatic carbocycles. The molecular weight excluding hydrogens is 1020 g/mol. The van der Waals surface area contributed by atoms with Crippen molar-refractivity contribution in [3.63, 3.8) is 0 Å². The first-order chi connectivity index (χ1) is 36.5. The van der Waals surface area contributed by atoms with Crippen molar-refractivity contribution in [3.05, 3.63) is 148 Å². The van der Waals surface area contributed by atoms with Crippen LogP contribution in [0.1, 0.15) is 154 Å². The average molecular weight is 1090 g/mol. The van der Waals surface area contributed by atoms with E-state index in [2.05, 4.69) is 93.8 Å². The van der Waals surface area contributed by atoms with Crippen molar-refractivity contribution in [3.8, 4) is 0 Å². The van der Waals surface area contributed by atoms with Crippen LogP contribution in [0.5, 0.6) is 0 Å². The predicted molar refractivity (Wildman–Crippen MR) is 302 cm³/mol. The van der Waals surface area contributed by atoms with Gasteiger partial charge in [-0.1, -0.05) is 109 Å². The van der Waals surface area contributed by atoms with Gasteiger partial charge in [-0.15, -0.1) is 5.06 Å². The van der Waals surface area contributed by atoms with Crippen LogP contribution in [0.2, 0.25) is 0 Å². The molecule has 0 atom stereocenters. The third-order valence-electron chi connectivity index (χ3n) is 15.6. The molecule has 2 heterocycles. The van der Waals surface area contributed by atoms with E-state index in [0.29, 0.717) is 61.2 Å². The number of carbonyl (C=O) groups is 3. The summed E-state index contributed by atoms with van der Waals surface area (Å²) in [4.78, 5) is 46.1. The van der Waals surface area contributed by atoms with Crippen molar-refractivity contribution < 1.29 is 49.6 Å². The van der Waals surface area contributed by atoms with Gasteiger partial charge < -0.3 is 14.6 Å². The van der Waals surface area contributed by atoms with E-state index < -0.39 is 48.8 Å². The van der Waals surface area contributed by atoms with Gasteiger partial charge in [0.15, 0.2) is 0 Å². The third-order valence-corrected chi connectivity index (χ3v) is 17.3. The maximum atomic E-state index is 16.3. The van der Waals surface area contributed by atoms with E-state index in [9.17, 15) is 40.3 Å². The lowest BCUT2D eigenvalue weighted by molar-refractivity contribution is -0.197. The van der Waals surface area contributed by atoms with Crippen LogP contribution in [-0.4, -0.2) is 74.2 Å². The molecule has 0 aromatic heterocycles. The second-order valence-corrected chi connectivity index (χ2v) is 24.7. The van der Waals surface area contributed by atoms with Gasteiger partial charge in [-0.3, -0.25) is 18.7 Å². The molecule has 0 unspecified atom stereocenters. The molecule has 0 bridgehead atoms.